The Labute approximate surface area is 124 Å². The van der Waals surface area contributed by atoms with Gasteiger partial charge in [0.05, 0.1) is 5.56 Å². The lowest BCUT2D eigenvalue weighted by Crippen LogP contribution is -2.11. The lowest BCUT2D eigenvalue weighted by molar-refractivity contribution is -0.140. The van der Waals surface area contributed by atoms with Crippen LogP contribution in [0.15, 0.2) is 40.9 Å². The van der Waals surface area contributed by atoms with Gasteiger partial charge >= 0.3 is 6.18 Å². The molecule has 0 heterocycles. The SMILES string of the molecule is O=C(c1ccc(F)c(C(F)(F)F)c1)c1cc(F)ccc1Br. The van der Waals surface area contributed by atoms with Gasteiger partial charge in [-0.1, -0.05) is 15.9 Å². The third-order valence-electron chi connectivity index (χ3n) is 2.71. The molecule has 0 amide bonds. The number of benzene rings is 2. The van der Waals surface area contributed by atoms with Crippen LogP contribution in [0.4, 0.5) is 22.0 Å². The molecule has 1 nitrogen and oxygen atoms in total. The number of hydrogen-bond donors (Lipinski definition) is 0. The highest BCUT2D eigenvalue weighted by molar-refractivity contribution is 9.10. The van der Waals surface area contributed by atoms with E-state index in [1.165, 1.54) is 6.07 Å². The third kappa shape index (κ3) is 3.29. The van der Waals surface area contributed by atoms with Crippen LogP contribution in [-0.4, -0.2) is 5.78 Å². The van der Waals surface area contributed by atoms with Crippen LogP contribution in [0, 0.1) is 11.6 Å². The number of carbonyl (C=O) groups excluding carboxylic acids is 1. The molecule has 21 heavy (non-hydrogen) atoms. The molecule has 0 aliphatic rings. The molecule has 0 aromatic heterocycles. The molecule has 0 fully saturated rings. The van der Waals surface area contributed by atoms with Crippen LogP contribution in [0.2, 0.25) is 0 Å². The van der Waals surface area contributed by atoms with Crippen molar-refractivity contribution in [2.45, 2.75) is 6.18 Å². The third-order valence-corrected chi connectivity index (χ3v) is 3.40. The Balaban J connectivity index is 2.52. The van der Waals surface area contributed by atoms with E-state index in [0.717, 1.165) is 18.2 Å². The van der Waals surface area contributed by atoms with E-state index in [1.54, 1.807) is 0 Å². The van der Waals surface area contributed by atoms with Gasteiger partial charge in [-0.05, 0) is 36.4 Å². The molecule has 0 aliphatic carbocycles. The molecule has 0 bridgehead atoms. The summed E-state index contributed by atoms with van der Waals surface area (Å²) in [5, 5.41) is 0. The Bertz CT molecular complexity index is 709. The lowest BCUT2D eigenvalue weighted by atomic mass is 10.0. The summed E-state index contributed by atoms with van der Waals surface area (Å²) in [6.45, 7) is 0. The molecular formula is C14H6BrF5O. The zero-order valence-corrected chi connectivity index (χ0v) is 11.7. The van der Waals surface area contributed by atoms with Crippen LogP contribution in [0.3, 0.4) is 0 Å². The molecule has 0 saturated carbocycles. The minimum Gasteiger partial charge on any atom is -0.289 e. The topological polar surface area (TPSA) is 17.1 Å². The van der Waals surface area contributed by atoms with Gasteiger partial charge in [0.15, 0.2) is 5.78 Å². The van der Waals surface area contributed by atoms with Crippen molar-refractivity contribution in [1.29, 1.82) is 0 Å². The molecule has 2 rings (SSSR count). The normalized spacial score (nSPS) is 11.5. The van der Waals surface area contributed by atoms with Crippen LogP contribution in [-0.2, 0) is 6.18 Å². The Morgan fingerprint density at radius 3 is 2.29 bits per heavy atom. The van der Waals surface area contributed by atoms with Gasteiger partial charge in [-0.15, -0.1) is 0 Å². The van der Waals surface area contributed by atoms with E-state index in [-0.39, 0.29) is 15.6 Å². The second-order valence-electron chi connectivity index (χ2n) is 4.15. The molecule has 0 saturated heterocycles. The highest BCUT2D eigenvalue weighted by Gasteiger charge is 2.34. The summed E-state index contributed by atoms with van der Waals surface area (Å²) < 4.78 is 64.4. The van der Waals surface area contributed by atoms with Crippen molar-refractivity contribution in [2.75, 3.05) is 0 Å². The van der Waals surface area contributed by atoms with E-state index in [1.807, 2.05) is 0 Å². The minimum atomic E-state index is -4.92. The molecular weight excluding hydrogens is 359 g/mol. The fourth-order valence-corrected chi connectivity index (χ4v) is 2.14. The molecule has 0 atom stereocenters. The predicted molar refractivity (Wildman–Crippen MR) is 68.9 cm³/mol. The fraction of sp³-hybridized carbons (Fsp3) is 0.0714. The van der Waals surface area contributed by atoms with Gasteiger partial charge in [-0.25, -0.2) is 8.78 Å². The lowest BCUT2D eigenvalue weighted by Gasteiger charge is -2.10. The first-order chi connectivity index (χ1) is 9.70. The van der Waals surface area contributed by atoms with Gasteiger partial charge in [0.2, 0.25) is 0 Å². The van der Waals surface area contributed by atoms with Crippen LogP contribution >= 0.6 is 15.9 Å². The highest BCUT2D eigenvalue weighted by atomic mass is 79.9. The molecule has 2 aromatic carbocycles. The second-order valence-corrected chi connectivity index (χ2v) is 5.00. The number of carbonyl (C=O) groups is 1. The van der Waals surface area contributed by atoms with Crippen molar-refractivity contribution < 1.29 is 26.7 Å². The molecule has 0 unspecified atom stereocenters. The molecule has 0 spiro atoms. The van der Waals surface area contributed by atoms with E-state index in [2.05, 4.69) is 15.9 Å². The summed E-state index contributed by atoms with van der Waals surface area (Å²) in [7, 11) is 0. The minimum absolute atomic E-state index is 0.144. The van der Waals surface area contributed by atoms with Gasteiger partial charge in [0.1, 0.15) is 11.6 Å². The van der Waals surface area contributed by atoms with E-state index < -0.39 is 29.2 Å². The van der Waals surface area contributed by atoms with Crippen molar-refractivity contribution in [3.63, 3.8) is 0 Å². The Morgan fingerprint density at radius 2 is 1.67 bits per heavy atom. The first-order valence-corrected chi connectivity index (χ1v) is 6.36. The molecule has 0 aliphatic heterocycles. The monoisotopic (exact) mass is 364 g/mol. The van der Waals surface area contributed by atoms with Crippen molar-refractivity contribution in [1.82, 2.24) is 0 Å². The molecule has 0 radical (unpaired) electrons. The zero-order chi connectivity index (χ0) is 15.8. The van der Waals surface area contributed by atoms with E-state index in [0.29, 0.717) is 12.1 Å². The quantitative estimate of drug-likeness (QED) is 0.542. The average molecular weight is 365 g/mol. The largest absolute Gasteiger partial charge is 0.419 e. The van der Waals surface area contributed by atoms with Crippen LogP contribution in [0.5, 0.6) is 0 Å². The van der Waals surface area contributed by atoms with Crippen LogP contribution in [0.25, 0.3) is 0 Å². The summed E-state index contributed by atoms with van der Waals surface area (Å²) in [6.07, 6.45) is -4.92. The van der Waals surface area contributed by atoms with E-state index in [9.17, 15) is 26.7 Å². The number of rotatable bonds is 2. The fourth-order valence-electron chi connectivity index (χ4n) is 1.71. The maximum absolute atomic E-state index is 13.2. The van der Waals surface area contributed by atoms with Crippen molar-refractivity contribution in [3.8, 4) is 0 Å². The van der Waals surface area contributed by atoms with Gasteiger partial charge in [-0.3, -0.25) is 4.79 Å². The summed E-state index contributed by atoms with van der Waals surface area (Å²) in [6, 6.07) is 5.13. The van der Waals surface area contributed by atoms with Crippen molar-refractivity contribution >= 4 is 21.7 Å². The Kier molecular flexibility index (Phi) is 4.13. The summed E-state index contributed by atoms with van der Waals surface area (Å²) in [5.41, 5.74) is -2.06. The molecule has 2 aromatic rings. The summed E-state index contributed by atoms with van der Waals surface area (Å²) in [4.78, 5) is 12.1. The summed E-state index contributed by atoms with van der Waals surface area (Å²) in [5.74, 6) is -3.02. The summed E-state index contributed by atoms with van der Waals surface area (Å²) >= 11 is 3.02. The Morgan fingerprint density at radius 1 is 1.00 bits per heavy atom. The first kappa shape index (κ1) is 15.6. The molecule has 110 valence electrons. The number of hydrogen-bond acceptors (Lipinski definition) is 1. The highest BCUT2D eigenvalue weighted by Crippen LogP contribution is 2.32. The van der Waals surface area contributed by atoms with Gasteiger partial charge < -0.3 is 0 Å². The zero-order valence-electron chi connectivity index (χ0n) is 10.1. The van der Waals surface area contributed by atoms with Crippen LogP contribution in [0.1, 0.15) is 21.5 Å². The standard InChI is InChI=1S/C14H6BrF5O/c15-11-3-2-8(16)6-9(11)13(21)7-1-4-12(17)10(5-7)14(18,19)20/h1-6H. The van der Waals surface area contributed by atoms with Gasteiger partial charge in [0.25, 0.3) is 0 Å². The average Bonchev–Trinajstić information content (AvgIpc) is 2.40. The van der Waals surface area contributed by atoms with Crippen molar-refractivity contribution in [2.24, 2.45) is 0 Å². The van der Waals surface area contributed by atoms with Crippen LogP contribution < -0.4 is 0 Å². The maximum Gasteiger partial charge on any atom is 0.419 e. The smallest absolute Gasteiger partial charge is 0.289 e. The number of ketones is 1. The molecule has 0 N–H and O–H groups in total. The number of alkyl halides is 3. The number of halogens is 6. The van der Waals surface area contributed by atoms with Crippen molar-refractivity contribution in [3.05, 3.63) is 69.2 Å². The predicted octanol–water partition coefficient (Wildman–Crippen LogP) is 4.98. The van der Waals surface area contributed by atoms with Gasteiger partial charge in [-0.2, -0.15) is 13.2 Å². The van der Waals surface area contributed by atoms with E-state index >= 15 is 0 Å². The maximum atomic E-state index is 13.2. The second kappa shape index (κ2) is 5.55. The molecule has 7 heteroatoms. The van der Waals surface area contributed by atoms with Gasteiger partial charge in [0, 0.05) is 15.6 Å². The Hall–Kier alpha value is -1.76. The first-order valence-electron chi connectivity index (χ1n) is 5.56. The van der Waals surface area contributed by atoms with E-state index in [4.69, 9.17) is 0 Å².